The van der Waals surface area contributed by atoms with E-state index in [0.29, 0.717) is 22.0 Å². The molecule has 0 bridgehead atoms. The third-order valence-corrected chi connectivity index (χ3v) is 4.27. The first kappa shape index (κ1) is 18.0. The van der Waals surface area contributed by atoms with Crippen molar-refractivity contribution in [2.45, 2.75) is 0 Å². The molecule has 0 radical (unpaired) electrons. The lowest BCUT2D eigenvalue weighted by atomic mass is 10.1. The van der Waals surface area contributed by atoms with Crippen molar-refractivity contribution in [3.8, 4) is 0 Å². The molecule has 0 amide bonds. The minimum absolute atomic E-state index is 0.0635. The molecule has 1 aromatic heterocycles. The van der Waals surface area contributed by atoms with Crippen LogP contribution in [-0.4, -0.2) is 10.1 Å². The van der Waals surface area contributed by atoms with Gasteiger partial charge < -0.3 is 10.4 Å². The monoisotopic (exact) mass is 385 g/mol. The van der Waals surface area contributed by atoms with Crippen molar-refractivity contribution in [2.75, 3.05) is 5.32 Å². The Hall–Kier alpha value is -2.76. The highest BCUT2D eigenvalue weighted by atomic mass is 35.5. The summed E-state index contributed by atoms with van der Waals surface area (Å²) < 4.78 is 14.8. The van der Waals surface area contributed by atoms with Crippen LogP contribution < -0.4 is 9.88 Å². The number of nitrogens with zero attached hydrogens (tertiary/aromatic N) is 1. The summed E-state index contributed by atoms with van der Waals surface area (Å²) in [6, 6.07) is 18.3. The fourth-order valence-corrected chi connectivity index (χ4v) is 2.94. The van der Waals surface area contributed by atoms with Gasteiger partial charge in [0.25, 0.3) is 5.70 Å². The molecule has 3 rings (SSSR count). The topological polar surface area (TPSA) is 36.1 Å². The zero-order chi connectivity index (χ0) is 18.5. The minimum Gasteiger partial charge on any atom is -0.502 e. The highest BCUT2D eigenvalue weighted by Gasteiger charge is 2.24. The van der Waals surface area contributed by atoms with Crippen LogP contribution in [0, 0.1) is 5.82 Å². The molecular weight excluding hydrogens is 371 g/mol. The van der Waals surface area contributed by atoms with E-state index in [0.717, 1.165) is 0 Å². The van der Waals surface area contributed by atoms with Gasteiger partial charge in [0.05, 0.1) is 5.02 Å². The third-order valence-electron chi connectivity index (χ3n) is 3.64. The number of anilines is 1. The quantitative estimate of drug-likeness (QED) is 0.284. The Morgan fingerprint density at radius 1 is 0.962 bits per heavy atom. The first-order chi connectivity index (χ1) is 12.6. The van der Waals surface area contributed by atoms with Gasteiger partial charge in [0, 0.05) is 23.4 Å². The lowest BCUT2D eigenvalue weighted by molar-refractivity contribution is -0.575. The lowest BCUT2D eigenvalue weighted by Crippen LogP contribution is -2.38. The number of nitrogens with one attached hydrogen (secondary N) is 1. The van der Waals surface area contributed by atoms with Crippen LogP contribution >= 0.6 is 23.8 Å². The number of thiocarbonyl (C=S) groups is 1. The molecule has 2 aromatic carbocycles. The van der Waals surface area contributed by atoms with Gasteiger partial charge in [-0.15, -0.1) is 0 Å². The first-order valence-electron chi connectivity index (χ1n) is 7.78. The van der Waals surface area contributed by atoms with Gasteiger partial charge >= 0.3 is 0 Å². The van der Waals surface area contributed by atoms with Crippen molar-refractivity contribution in [3.05, 3.63) is 95.5 Å². The summed E-state index contributed by atoms with van der Waals surface area (Å²) in [5, 5.41) is 14.3. The third kappa shape index (κ3) is 4.07. The predicted octanol–water partition coefficient (Wildman–Crippen LogP) is 5.09. The molecule has 0 aliphatic rings. The van der Waals surface area contributed by atoms with E-state index in [-0.39, 0.29) is 16.6 Å². The van der Waals surface area contributed by atoms with Gasteiger partial charge in [-0.05, 0) is 36.4 Å². The molecule has 1 heterocycles. The van der Waals surface area contributed by atoms with Crippen molar-refractivity contribution < 1.29 is 14.1 Å². The Morgan fingerprint density at radius 3 is 2.27 bits per heavy atom. The summed E-state index contributed by atoms with van der Waals surface area (Å²) in [7, 11) is 0. The highest BCUT2D eigenvalue weighted by molar-refractivity contribution is 7.81. The van der Waals surface area contributed by atoms with Crippen molar-refractivity contribution >= 4 is 46.0 Å². The Kier molecular flexibility index (Phi) is 5.61. The average Bonchev–Trinajstić information content (AvgIpc) is 2.65. The molecule has 0 aliphatic heterocycles. The second-order valence-electron chi connectivity index (χ2n) is 5.42. The number of aliphatic hydroxyl groups is 1. The molecule has 3 nitrogen and oxygen atoms in total. The van der Waals surface area contributed by atoms with Crippen LogP contribution in [0.1, 0.15) is 5.56 Å². The van der Waals surface area contributed by atoms with Gasteiger partial charge in [0.1, 0.15) is 5.82 Å². The van der Waals surface area contributed by atoms with E-state index >= 15 is 0 Å². The Bertz CT molecular complexity index is 959. The number of aromatic nitrogens is 1. The number of aliphatic hydroxyl groups excluding tert-OH is 1. The van der Waals surface area contributed by atoms with Gasteiger partial charge in [-0.1, -0.05) is 42.0 Å². The van der Waals surface area contributed by atoms with E-state index in [4.69, 9.17) is 23.8 Å². The van der Waals surface area contributed by atoms with E-state index < -0.39 is 0 Å². The Morgan fingerprint density at radius 2 is 1.62 bits per heavy atom. The van der Waals surface area contributed by atoms with Crippen LogP contribution in [0.25, 0.3) is 11.5 Å². The maximum absolute atomic E-state index is 13.1. The van der Waals surface area contributed by atoms with Gasteiger partial charge in [0.2, 0.25) is 5.76 Å². The van der Waals surface area contributed by atoms with Crippen LogP contribution in [0.4, 0.5) is 10.1 Å². The number of pyridine rings is 1. The van der Waals surface area contributed by atoms with Crippen molar-refractivity contribution in [2.24, 2.45) is 0 Å². The fraction of sp³-hybridized carbons (Fsp3) is 0. The van der Waals surface area contributed by atoms with E-state index in [2.05, 4.69) is 5.32 Å². The molecule has 0 fully saturated rings. The normalized spacial score (nSPS) is 11.6. The summed E-state index contributed by atoms with van der Waals surface area (Å²) in [6.45, 7) is 0. The molecule has 2 N–H and O–H groups in total. The van der Waals surface area contributed by atoms with Crippen LogP contribution in [-0.2, 0) is 0 Å². The standard InChI is InChI=1S/C20H14ClFN2OS/c21-17-7-3-2-6-16(17)19(25)18(24-12-4-1-5-13-24)20(26)23-15-10-8-14(22)9-11-15/h1-13H,(H-,23,25,26)/p+1. The average molecular weight is 386 g/mol. The van der Waals surface area contributed by atoms with Gasteiger partial charge in [-0.25, -0.2) is 4.39 Å². The number of hydrogen-bond acceptors (Lipinski definition) is 2. The van der Waals surface area contributed by atoms with Crippen LogP contribution in [0.15, 0.2) is 79.1 Å². The minimum atomic E-state index is -0.339. The molecule has 0 unspecified atom stereocenters. The Balaban J connectivity index is 2.07. The molecular formula is C20H15ClFN2OS+. The SMILES string of the molecule is O/C(=C(/C(=S)Nc1ccc(F)cc1)[n+]1ccccc1)c1ccccc1Cl. The summed E-state index contributed by atoms with van der Waals surface area (Å²) in [4.78, 5) is 0.269. The number of halogens is 2. The molecule has 0 atom stereocenters. The zero-order valence-corrected chi connectivity index (χ0v) is 15.1. The van der Waals surface area contributed by atoms with E-state index in [9.17, 15) is 9.50 Å². The van der Waals surface area contributed by atoms with E-state index in [1.54, 1.807) is 53.4 Å². The Labute approximate surface area is 161 Å². The summed E-state index contributed by atoms with van der Waals surface area (Å²) in [5.41, 5.74) is 1.43. The maximum atomic E-state index is 13.1. The number of rotatable bonds is 4. The van der Waals surface area contributed by atoms with Crippen molar-refractivity contribution in [1.82, 2.24) is 0 Å². The fourth-order valence-electron chi connectivity index (χ4n) is 2.40. The molecule has 0 spiro atoms. The van der Waals surface area contributed by atoms with Crippen molar-refractivity contribution in [3.63, 3.8) is 0 Å². The molecule has 26 heavy (non-hydrogen) atoms. The number of benzene rings is 2. The summed E-state index contributed by atoms with van der Waals surface area (Å²) >= 11 is 11.7. The molecule has 0 aliphatic carbocycles. The van der Waals surface area contributed by atoms with Crippen LogP contribution in [0.3, 0.4) is 0 Å². The summed E-state index contributed by atoms with van der Waals surface area (Å²) in [6.07, 6.45) is 3.53. The zero-order valence-electron chi connectivity index (χ0n) is 13.6. The number of hydrogen-bond donors (Lipinski definition) is 2. The van der Waals surface area contributed by atoms with Crippen molar-refractivity contribution in [1.29, 1.82) is 0 Å². The molecule has 6 heteroatoms. The predicted molar refractivity (Wildman–Crippen MR) is 106 cm³/mol. The second-order valence-corrected chi connectivity index (χ2v) is 6.24. The van der Waals surface area contributed by atoms with E-state index in [1.807, 2.05) is 18.2 Å². The highest BCUT2D eigenvalue weighted by Crippen LogP contribution is 2.25. The largest absolute Gasteiger partial charge is 0.502 e. The van der Waals surface area contributed by atoms with Crippen LogP contribution in [0.5, 0.6) is 0 Å². The lowest BCUT2D eigenvalue weighted by Gasteiger charge is -2.11. The smallest absolute Gasteiger partial charge is 0.288 e. The second kappa shape index (κ2) is 8.08. The van der Waals surface area contributed by atoms with Gasteiger partial charge in [0.15, 0.2) is 17.4 Å². The van der Waals surface area contributed by atoms with E-state index in [1.165, 1.54) is 12.1 Å². The maximum Gasteiger partial charge on any atom is 0.288 e. The first-order valence-corrected chi connectivity index (χ1v) is 8.56. The van der Waals surface area contributed by atoms with Crippen LogP contribution in [0.2, 0.25) is 5.02 Å². The van der Waals surface area contributed by atoms with Gasteiger partial charge in [-0.2, -0.15) is 4.57 Å². The molecule has 130 valence electrons. The van der Waals surface area contributed by atoms with Gasteiger partial charge in [-0.3, -0.25) is 0 Å². The molecule has 0 saturated carbocycles. The molecule has 3 aromatic rings. The molecule has 0 saturated heterocycles. The summed E-state index contributed by atoms with van der Waals surface area (Å²) in [5.74, 6) is -0.403.